The first-order valence-electron chi connectivity index (χ1n) is 10.6. The molecule has 1 nitrogen and oxygen atoms in total. The Hall–Kier alpha value is -2.53. The molecule has 154 valence electrons. The van der Waals surface area contributed by atoms with Crippen molar-refractivity contribution in [3.05, 3.63) is 70.5 Å². The van der Waals surface area contributed by atoms with Crippen molar-refractivity contribution in [3.63, 3.8) is 0 Å². The van der Waals surface area contributed by atoms with Gasteiger partial charge in [0, 0.05) is 16.7 Å². The molecule has 30 heavy (non-hydrogen) atoms. The van der Waals surface area contributed by atoms with Crippen LogP contribution < -0.4 is 0 Å². The summed E-state index contributed by atoms with van der Waals surface area (Å²) >= 11 is 4.64. The predicted octanol–water partition coefficient (Wildman–Crippen LogP) is 7.85. The molecule has 1 fully saturated rings. The highest BCUT2D eigenvalue weighted by atomic mass is 32.1. The van der Waals surface area contributed by atoms with E-state index in [2.05, 4.69) is 72.8 Å². The van der Waals surface area contributed by atoms with E-state index in [1.807, 2.05) is 13.0 Å². The lowest BCUT2D eigenvalue weighted by atomic mass is 9.79. The number of aliphatic imine (C=N–C) groups is 1. The highest BCUT2D eigenvalue weighted by Gasteiger charge is 2.20. The Labute approximate surface area is 185 Å². The molecule has 0 saturated heterocycles. The number of rotatable bonds is 4. The van der Waals surface area contributed by atoms with Crippen LogP contribution in [0.2, 0.25) is 0 Å². The minimum atomic E-state index is -0.463. The van der Waals surface area contributed by atoms with Gasteiger partial charge in [0.05, 0.1) is 5.16 Å². The van der Waals surface area contributed by atoms with Crippen LogP contribution in [-0.2, 0) is 6.42 Å². The maximum Gasteiger partial charge on any atom is 0.151 e. The molecule has 3 rings (SSSR count). The summed E-state index contributed by atoms with van der Waals surface area (Å²) in [5, 5.41) is 2.24. The number of aryl methyl sites for hydroxylation is 1. The third kappa shape index (κ3) is 5.14. The number of halogens is 1. The Morgan fingerprint density at radius 2 is 1.90 bits per heavy atom. The van der Waals surface area contributed by atoms with Crippen molar-refractivity contribution in [1.82, 2.24) is 0 Å². The number of hydrogen-bond acceptors (Lipinski definition) is 2. The number of allylic oxidation sites excluding steroid dienone is 1. The summed E-state index contributed by atoms with van der Waals surface area (Å²) in [7, 11) is 0. The van der Waals surface area contributed by atoms with E-state index in [0.29, 0.717) is 22.6 Å². The van der Waals surface area contributed by atoms with Gasteiger partial charge in [-0.05, 0) is 85.1 Å². The molecule has 1 aliphatic carbocycles. The average molecular weight is 418 g/mol. The standard InChI is InChI=1S/C27H28FNS/c1-5-21-16-24(23-9-6-19(4)7-10-23)13-12-22(21)11-8-20-14-25(18(2)3)27(29-17-30)26(28)15-20/h12-16,19,23H,2,5-7,9-10H2,1,3-4H3. The van der Waals surface area contributed by atoms with Crippen LogP contribution >= 0.6 is 12.2 Å². The van der Waals surface area contributed by atoms with Gasteiger partial charge in [0.25, 0.3) is 0 Å². The molecule has 3 heteroatoms. The maximum atomic E-state index is 14.5. The fraction of sp³-hybridized carbons (Fsp3) is 0.370. The van der Waals surface area contributed by atoms with Crippen LogP contribution in [0.5, 0.6) is 0 Å². The van der Waals surface area contributed by atoms with Crippen LogP contribution in [0.3, 0.4) is 0 Å². The van der Waals surface area contributed by atoms with Crippen LogP contribution in [0.4, 0.5) is 10.1 Å². The summed E-state index contributed by atoms with van der Waals surface area (Å²) in [5.41, 5.74) is 5.77. The van der Waals surface area contributed by atoms with Crippen molar-refractivity contribution in [2.24, 2.45) is 10.9 Å². The molecule has 0 aromatic heterocycles. The summed E-state index contributed by atoms with van der Waals surface area (Å²) in [6, 6.07) is 9.88. The van der Waals surface area contributed by atoms with Crippen molar-refractivity contribution in [2.75, 3.05) is 0 Å². The van der Waals surface area contributed by atoms with Crippen LogP contribution in [0.1, 0.15) is 80.2 Å². The second kappa shape index (κ2) is 9.98. The van der Waals surface area contributed by atoms with Crippen molar-refractivity contribution >= 4 is 28.6 Å². The van der Waals surface area contributed by atoms with Crippen molar-refractivity contribution in [2.45, 2.75) is 58.8 Å². The minimum Gasteiger partial charge on any atom is -0.205 e. The summed E-state index contributed by atoms with van der Waals surface area (Å²) < 4.78 is 14.5. The molecule has 2 aromatic carbocycles. The van der Waals surface area contributed by atoms with E-state index in [1.165, 1.54) is 42.9 Å². The van der Waals surface area contributed by atoms with E-state index in [-0.39, 0.29) is 5.69 Å². The fourth-order valence-corrected chi connectivity index (χ4v) is 4.26. The van der Waals surface area contributed by atoms with E-state index in [1.54, 1.807) is 0 Å². The Morgan fingerprint density at radius 1 is 1.17 bits per heavy atom. The zero-order valence-electron chi connectivity index (χ0n) is 18.0. The normalized spacial score (nSPS) is 18.1. The third-order valence-electron chi connectivity index (χ3n) is 6.02. The first kappa shape index (κ1) is 22.2. The molecular formula is C27H28FNS. The van der Waals surface area contributed by atoms with Crippen LogP contribution in [0, 0.1) is 23.6 Å². The first-order valence-corrected chi connectivity index (χ1v) is 11.1. The zero-order valence-corrected chi connectivity index (χ0v) is 18.8. The van der Waals surface area contributed by atoms with Crippen molar-refractivity contribution in [3.8, 4) is 11.8 Å². The summed E-state index contributed by atoms with van der Waals surface area (Å²) in [6.45, 7) is 10.2. The second-order valence-corrected chi connectivity index (χ2v) is 8.50. The van der Waals surface area contributed by atoms with Crippen LogP contribution in [-0.4, -0.2) is 5.16 Å². The number of benzene rings is 2. The zero-order chi connectivity index (χ0) is 21.7. The lowest BCUT2D eigenvalue weighted by Gasteiger charge is -2.27. The summed E-state index contributed by atoms with van der Waals surface area (Å²) in [6.07, 6.45) is 6.10. The van der Waals surface area contributed by atoms with Gasteiger partial charge in [0.2, 0.25) is 0 Å². The number of thiocarbonyl (C=S) groups is 1. The molecular weight excluding hydrogens is 389 g/mol. The third-order valence-corrected chi connectivity index (χ3v) is 6.11. The maximum absolute atomic E-state index is 14.5. The minimum absolute atomic E-state index is 0.170. The largest absolute Gasteiger partial charge is 0.205 e. The lowest BCUT2D eigenvalue weighted by Crippen LogP contribution is -2.11. The molecule has 0 heterocycles. The smallest absolute Gasteiger partial charge is 0.151 e. The quantitative estimate of drug-likeness (QED) is 0.280. The second-order valence-electron chi connectivity index (χ2n) is 8.31. The van der Waals surface area contributed by atoms with E-state index >= 15 is 0 Å². The van der Waals surface area contributed by atoms with Crippen LogP contribution in [0.15, 0.2) is 41.9 Å². The van der Waals surface area contributed by atoms with Gasteiger partial charge in [-0.25, -0.2) is 4.39 Å². The lowest BCUT2D eigenvalue weighted by molar-refractivity contribution is 0.348. The van der Waals surface area contributed by atoms with Gasteiger partial charge in [-0.15, -0.1) is 0 Å². The molecule has 0 radical (unpaired) electrons. The monoisotopic (exact) mass is 417 g/mol. The Kier molecular flexibility index (Phi) is 7.38. The molecule has 1 saturated carbocycles. The van der Waals surface area contributed by atoms with Gasteiger partial charge in [-0.1, -0.05) is 57.2 Å². The predicted molar refractivity (Wildman–Crippen MR) is 128 cm³/mol. The van der Waals surface area contributed by atoms with Gasteiger partial charge >= 0.3 is 0 Å². The molecule has 0 spiro atoms. The van der Waals surface area contributed by atoms with E-state index in [9.17, 15) is 4.39 Å². The van der Waals surface area contributed by atoms with E-state index < -0.39 is 5.82 Å². The average Bonchev–Trinajstić information content (AvgIpc) is 2.74. The Balaban J connectivity index is 1.92. The van der Waals surface area contributed by atoms with Gasteiger partial charge in [-0.2, -0.15) is 4.99 Å². The molecule has 0 aliphatic heterocycles. The topological polar surface area (TPSA) is 12.4 Å². The molecule has 0 bridgehead atoms. The molecule has 0 unspecified atom stereocenters. The molecule has 2 aromatic rings. The molecule has 0 atom stereocenters. The van der Waals surface area contributed by atoms with E-state index in [4.69, 9.17) is 0 Å². The van der Waals surface area contributed by atoms with Gasteiger partial charge in [0.1, 0.15) is 5.69 Å². The molecule has 0 amide bonds. The van der Waals surface area contributed by atoms with Gasteiger partial charge in [0.15, 0.2) is 5.82 Å². The van der Waals surface area contributed by atoms with Gasteiger partial charge in [-0.3, -0.25) is 0 Å². The number of isothiocyanates is 1. The van der Waals surface area contributed by atoms with Crippen molar-refractivity contribution < 1.29 is 4.39 Å². The van der Waals surface area contributed by atoms with E-state index in [0.717, 1.165) is 17.9 Å². The Morgan fingerprint density at radius 3 is 2.53 bits per heavy atom. The summed E-state index contributed by atoms with van der Waals surface area (Å²) in [4.78, 5) is 3.85. The van der Waals surface area contributed by atoms with Crippen molar-refractivity contribution in [1.29, 1.82) is 0 Å². The highest BCUT2D eigenvalue weighted by Crippen LogP contribution is 2.36. The number of nitrogens with zero attached hydrogens (tertiary/aromatic N) is 1. The summed E-state index contributed by atoms with van der Waals surface area (Å²) in [5.74, 6) is 7.42. The number of hydrogen-bond donors (Lipinski definition) is 0. The molecule has 1 aliphatic rings. The first-order chi connectivity index (χ1) is 14.4. The highest BCUT2D eigenvalue weighted by molar-refractivity contribution is 7.78. The molecule has 0 N–H and O–H groups in total. The van der Waals surface area contributed by atoms with Gasteiger partial charge < -0.3 is 0 Å². The fourth-order valence-electron chi connectivity index (χ4n) is 4.17. The Bertz CT molecular complexity index is 1060. The van der Waals surface area contributed by atoms with Crippen LogP contribution in [0.25, 0.3) is 5.57 Å². The SMILES string of the molecule is C=C(C)c1cc(C#Cc2ccc(C3CCC(C)CC3)cc2CC)cc(F)c1N=C=S.